The van der Waals surface area contributed by atoms with Gasteiger partial charge in [-0.2, -0.15) is 0 Å². The monoisotopic (exact) mass is 636 g/mol. The molecule has 0 radical (unpaired) electrons. The summed E-state index contributed by atoms with van der Waals surface area (Å²) in [5.41, 5.74) is 2.16. The van der Waals surface area contributed by atoms with Crippen LogP contribution in [-0.4, -0.2) is 58.6 Å². The van der Waals surface area contributed by atoms with E-state index < -0.39 is 36.2 Å². The van der Waals surface area contributed by atoms with Crippen LogP contribution >= 0.6 is 0 Å². The number of carboxylic acid groups (broad SMARTS) is 2. The van der Waals surface area contributed by atoms with Crippen LogP contribution in [0, 0.1) is 0 Å². The summed E-state index contributed by atoms with van der Waals surface area (Å²) in [5.74, 6) is -2.08. The molecule has 0 heterocycles. The van der Waals surface area contributed by atoms with Gasteiger partial charge in [-0.05, 0) is 88.2 Å². The molecule has 10 nitrogen and oxygen atoms in total. The zero-order chi connectivity index (χ0) is 33.0. The molecule has 46 heavy (non-hydrogen) atoms. The number of benzene rings is 2. The molecular weight excluding hydrogens is 588 g/mol. The molecule has 2 aliphatic rings. The van der Waals surface area contributed by atoms with Crippen molar-refractivity contribution < 1.29 is 38.9 Å². The van der Waals surface area contributed by atoms with Crippen LogP contribution in [0.4, 0.5) is 9.59 Å². The summed E-state index contributed by atoms with van der Waals surface area (Å²) in [6, 6.07) is 17.6. The molecule has 0 spiro atoms. The smallest absolute Gasteiger partial charge is 0.408 e. The fraction of sp³-hybridized carbons (Fsp3) is 0.500. The molecule has 10 heteroatoms. The first-order valence-electron chi connectivity index (χ1n) is 16.5. The minimum absolute atomic E-state index is 0.0671. The van der Waals surface area contributed by atoms with E-state index in [0.717, 1.165) is 63.4 Å². The minimum Gasteiger partial charge on any atom is -0.480 e. The average Bonchev–Trinajstić information content (AvgIpc) is 3.06. The van der Waals surface area contributed by atoms with Gasteiger partial charge in [0, 0.05) is 0 Å². The summed E-state index contributed by atoms with van der Waals surface area (Å²) in [5, 5.41) is 23.4. The summed E-state index contributed by atoms with van der Waals surface area (Å²) < 4.78 is 10.6. The van der Waals surface area contributed by atoms with Gasteiger partial charge in [0.2, 0.25) is 0 Å². The molecule has 2 amide bonds. The van der Waals surface area contributed by atoms with E-state index in [4.69, 9.17) is 9.47 Å². The first kappa shape index (κ1) is 36.1. The van der Waals surface area contributed by atoms with Crippen molar-refractivity contribution in [2.45, 2.75) is 114 Å². The molecule has 4 rings (SSSR count). The van der Waals surface area contributed by atoms with Gasteiger partial charge in [-0.3, -0.25) is 0 Å². The number of aryl methyl sites for hydroxylation is 1. The van der Waals surface area contributed by atoms with E-state index in [9.17, 15) is 29.4 Å². The van der Waals surface area contributed by atoms with Crippen molar-refractivity contribution in [3.63, 3.8) is 0 Å². The first-order valence-corrected chi connectivity index (χ1v) is 16.5. The van der Waals surface area contributed by atoms with Gasteiger partial charge in [-0.1, -0.05) is 85.7 Å². The standard InChI is InChI=1S/C18H25NO4.C18H23NO4/c2*20-17(21)16(13-7-10-14-8-3-1-4-9-14)19-18(22)23-15-11-5-2-6-12-15/h1,3-4,8-9,15-16H,2,5-7,10-13H2,(H,19,22)(H,20,21);1,3-4,7-10,15-16H,2,5-6,11-13H2,(H,19,22)(H,20,21)/b;10-7+/t2*16-/m11/s1. The molecule has 2 saturated carbocycles. The van der Waals surface area contributed by atoms with E-state index in [0.29, 0.717) is 12.8 Å². The van der Waals surface area contributed by atoms with Crippen LogP contribution in [0.2, 0.25) is 0 Å². The van der Waals surface area contributed by atoms with Gasteiger partial charge >= 0.3 is 24.1 Å². The quantitative estimate of drug-likeness (QED) is 0.181. The fourth-order valence-electron chi connectivity index (χ4n) is 5.56. The van der Waals surface area contributed by atoms with Crippen LogP contribution in [0.15, 0.2) is 66.7 Å². The van der Waals surface area contributed by atoms with Crippen LogP contribution in [0.5, 0.6) is 0 Å². The van der Waals surface area contributed by atoms with E-state index in [1.165, 1.54) is 18.4 Å². The molecule has 0 aromatic heterocycles. The van der Waals surface area contributed by atoms with E-state index >= 15 is 0 Å². The Bertz CT molecular complexity index is 1230. The van der Waals surface area contributed by atoms with Crippen LogP contribution < -0.4 is 10.6 Å². The molecule has 0 bridgehead atoms. The topological polar surface area (TPSA) is 151 Å². The highest BCUT2D eigenvalue weighted by Crippen LogP contribution is 2.21. The maximum atomic E-state index is 11.9. The van der Waals surface area contributed by atoms with Crippen LogP contribution in [0.25, 0.3) is 6.08 Å². The van der Waals surface area contributed by atoms with Crippen molar-refractivity contribution in [1.82, 2.24) is 10.6 Å². The number of carbonyl (C=O) groups is 4. The van der Waals surface area contributed by atoms with Crippen molar-refractivity contribution in [3.05, 3.63) is 77.9 Å². The molecule has 250 valence electrons. The van der Waals surface area contributed by atoms with E-state index in [1.54, 1.807) is 6.08 Å². The third kappa shape index (κ3) is 14.6. The zero-order valence-electron chi connectivity index (χ0n) is 26.5. The predicted molar refractivity (Wildman–Crippen MR) is 175 cm³/mol. The zero-order valence-corrected chi connectivity index (χ0v) is 26.5. The third-order valence-corrected chi connectivity index (χ3v) is 8.11. The predicted octanol–water partition coefficient (Wildman–Crippen LogP) is 7.12. The van der Waals surface area contributed by atoms with Gasteiger partial charge in [0.25, 0.3) is 0 Å². The van der Waals surface area contributed by atoms with E-state index in [1.807, 2.05) is 66.7 Å². The summed E-state index contributed by atoms with van der Waals surface area (Å²) in [4.78, 5) is 46.3. The Labute approximate surface area is 271 Å². The second-order valence-electron chi connectivity index (χ2n) is 11.8. The number of aliphatic carboxylic acids is 2. The molecule has 2 fully saturated rings. The Kier molecular flexibility index (Phi) is 16.2. The SMILES string of the molecule is O=C(N[C@H](C/C=C/c1ccccc1)C(=O)O)OC1CCCCC1.O=C(N[C@H](CCCc1ccccc1)C(=O)O)OC1CCCCC1. The highest BCUT2D eigenvalue weighted by Gasteiger charge is 2.24. The van der Waals surface area contributed by atoms with Crippen LogP contribution in [-0.2, 0) is 25.5 Å². The average molecular weight is 637 g/mol. The molecule has 2 aromatic rings. The molecule has 2 atom stereocenters. The third-order valence-electron chi connectivity index (χ3n) is 8.11. The van der Waals surface area contributed by atoms with Crippen molar-refractivity contribution in [3.8, 4) is 0 Å². The number of hydrogen-bond donors (Lipinski definition) is 4. The maximum Gasteiger partial charge on any atom is 0.408 e. The maximum absolute atomic E-state index is 11.9. The number of amides is 2. The van der Waals surface area contributed by atoms with Gasteiger partial charge in [-0.25, -0.2) is 19.2 Å². The van der Waals surface area contributed by atoms with Crippen LogP contribution in [0.3, 0.4) is 0 Å². The number of nitrogens with one attached hydrogen (secondary N) is 2. The highest BCUT2D eigenvalue weighted by atomic mass is 16.6. The number of carbonyl (C=O) groups excluding carboxylic acids is 2. The molecule has 0 aliphatic heterocycles. The van der Waals surface area contributed by atoms with E-state index in [-0.39, 0.29) is 18.6 Å². The van der Waals surface area contributed by atoms with Crippen molar-refractivity contribution in [2.75, 3.05) is 0 Å². The Morgan fingerprint density at radius 2 is 1.17 bits per heavy atom. The molecular formula is C36H48N2O8. The minimum atomic E-state index is -1.07. The van der Waals surface area contributed by atoms with Gasteiger partial charge in [0.05, 0.1) is 0 Å². The lowest BCUT2D eigenvalue weighted by Gasteiger charge is -2.23. The molecule has 4 N–H and O–H groups in total. The largest absolute Gasteiger partial charge is 0.480 e. The molecule has 2 aliphatic carbocycles. The van der Waals surface area contributed by atoms with Crippen molar-refractivity contribution in [2.24, 2.45) is 0 Å². The second-order valence-corrected chi connectivity index (χ2v) is 11.8. The van der Waals surface area contributed by atoms with Crippen LogP contribution in [0.1, 0.15) is 94.6 Å². The highest BCUT2D eigenvalue weighted by molar-refractivity contribution is 5.80. The van der Waals surface area contributed by atoms with Crippen molar-refractivity contribution >= 4 is 30.2 Å². The fourth-order valence-corrected chi connectivity index (χ4v) is 5.56. The lowest BCUT2D eigenvalue weighted by atomic mass is 9.98. The van der Waals surface area contributed by atoms with Gasteiger partial charge < -0.3 is 30.3 Å². The first-order chi connectivity index (χ1) is 22.3. The van der Waals surface area contributed by atoms with E-state index in [2.05, 4.69) is 10.6 Å². The number of hydrogen-bond acceptors (Lipinski definition) is 6. The van der Waals surface area contributed by atoms with Crippen molar-refractivity contribution in [1.29, 1.82) is 0 Å². The summed E-state index contributed by atoms with van der Waals surface area (Å²) in [7, 11) is 0. The number of alkyl carbamates (subject to hydrolysis) is 2. The normalized spacial score (nSPS) is 16.7. The summed E-state index contributed by atoms with van der Waals surface area (Å²) >= 11 is 0. The molecule has 0 unspecified atom stereocenters. The Hall–Kier alpha value is -4.34. The lowest BCUT2D eigenvalue weighted by Crippen LogP contribution is -2.42. The van der Waals surface area contributed by atoms with Gasteiger partial charge in [0.15, 0.2) is 0 Å². The lowest BCUT2D eigenvalue weighted by molar-refractivity contribution is -0.140. The summed E-state index contributed by atoms with van der Waals surface area (Å²) in [6.45, 7) is 0. The number of rotatable bonds is 13. The molecule has 2 aromatic carbocycles. The molecule has 0 saturated heterocycles. The number of ether oxygens (including phenoxy) is 2. The Balaban J connectivity index is 0.000000250. The number of carboxylic acids is 2. The Morgan fingerprint density at radius 3 is 1.67 bits per heavy atom. The second kappa shape index (κ2) is 20.6. The Morgan fingerprint density at radius 1 is 0.696 bits per heavy atom. The van der Waals surface area contributed by atoms with Gasteiger partial charge in [-0.15, -0.1) is 0 Å². The van der Waals surface area contributed by atoms with Gasteiger partial charge in [0.1, 0.15) is 24.3 Å². The summed E-state index contributed by atoms with van der Waals surface area (Å²) in [6.07, 6.45) is 14.3.